The highest BCUT2D eigenvalue weighted by atomic mass is 19.1. The maximum Gasteiger partial charge on any atom is 0.125 e. The summed E-state index contributed by atoms with van der Waals surface area (Å²) in [6.45, 7) is 5.87. The van der Waals surface area contributed by atoms with Gasteiger partial charge in [-0.25, -0.2) is 4.39 Å². The quantitative estimate of drug-likeness (QED) is 0.533. The maximum atomic E-state index is 13.0. The molecule has 0 saturated carbocycles. The predicted molar refractivity (Wildman–Crippen MR) is 58.2 cm³/mol. The summed E-state index contributed by atoms with van der Waals surface area (Å²) >= 11 is 0. The molecule has 0 heterocycles. The fourth-order valence-corrected chi connectivity index (χ4v) is 1.24. The zero-order valence-corrected chi connectivity index (χ0v) is 8.74. The zero-order chi connectivity index (χ0) is 10.6. The van der Waals surface area contributed by atoms with E-state index in [-0.39, 0.29) is 11.9 Å². The van der Waals surface area contributed by atoms with Crippen molar-refractivity contribution in [3.05, 3.63) is 30.1 Å². The van der Waals surface area contributed by atoms with Crippen LogP contribution in [0, 0.1) is 5.82 Å². The Bertz CT molecular complexity index is 321. The zero-order valence-electron chi connectivity index (χ0n) is 8.74. The van der Waals surface area contributed by atoms with Crippen molar-refractivity contribution in [2.45, 2.75) is 26.8 Å². The van der Waals surface area contributed by atoms with Gasteiger partial charge in [-0.15, -0.1) is 0 Å². The van der Waals surface area contributed by atoms with E-state index in [0.717, 1.165) is 5.69 Å². The van der Waals surface area contributed by atoms with Crippen LogP contribution < -0.4 is 5.01 Å². The van der Waals surface area contributed by atoms with Gasteiger partial charge >= 0.3 is 0 Å². The first-order valence-electron chi connectivity index (χ1n) is 4.68. The Morgan fingerprint density at radius 1 is 1.43 bits per heavy atom. The second kappa shape index (κ2) is 4.74. The molecular formula is C11H15FN2. The van der Waals surface area contributed by atoms with Gasteiger partial charge in [-0.1, -0.05) is 6.07 Å². The van der Waals surface area contributed by atoms with Crippen molar-refractivity contribution in [2.75, 3.05) is 5.01 Å². The fraction of sp³-hybridized carbons (Fsp3) is 0.364. The number of rotatable bonds is 3. The van der Waals surface area contributed by atoms with Crippen LogP contribution in [0.3, 0.4) is 0 Å². The van der Waals surface area contributed by atoms with Gasteiger partial charge < -0.3 is 0 Å². The van der Waals surface area contributed by atoms with E-state index in [0.29, 0.717) is 0 Å². The first-order valence-corrected chi connectivity index (χ1v) is 4.68. The molecule has 0 fully saturated rings. The highest BCUT2D eigenvalue weighted by Crippen LogP contribution is 2.18. The normalized spacial score (nSPS) is 11.2. The van der Waals surface area contributed by atoms with Crippen LogP contribution in [0.2, 0.25) is 0 Å². The lowest BCUT2D eigenvalue weighted by molar-refractivity contribution is 0.624. The molecule has 0 aromatic heterocycles. The summed E-state index contributed by atoms with van der Waals surface area (Å²) in [6.07, 6.45) is 1.70. The number of hydrogen-bond donors (Lipinski definition) is 0. The minimum absolute atomic E-state index is 0.216. The van der Waals surface area contributed by atoms with Crippen LogP contribution in [-0.4, -0.2) is 12.3 Å². The Balaban J connectivity index is 2.99. The summed E-state index contributed by atoms with van der Waals surface area (Å²) in [7, 11) is 0. The Hall–Kier alpha value is -1.38. The van der Waals surface area contributed by atoms with E-state index >= 15 is 0 Å². The number of nitrogens with zero attached hydrogens (tertiary/aromatic N) is 2. The molecule has 1 aromatic carbocycles. The van der Waals surface area contributed by atoms with E-state index in [1.165, 1.54) is 12.1 Å². The third-order valence-electron chi connectivity index (χ3n) is 1.80. The van der Waals surface area contributed by atoms with Crippen LogP contribution in [0.1, 0.15) is 20.8 Å². The lowest BCUT2D eigenvalue weighted by Gasteiger charge is -2.23. The van der Waals surface area contributed by atoms with Crippen LogP contribution in [0.15, 0.2) is 29.4 Å². The Morgan fingerprint density at radius 3 is 2.64 bits per heavy atom. The van der Waals surface area contributed by atoms with Crippen LogP contribution in [-0.2, 0) is 0 Å². The molecule has 0 radical (unpaired) electrons. The van der Waals surface area contributed by atoms with Crippen LogP contribution >= 0.6 is 0 Å². The van der Waals surface area contributed by atoms with Crippen molar-refractivity contribution in [3.63, 3.8) is 0 Å². The topological polar surface area (TPSA) is 15.6 Å². The first-order chi connectivity index (χ1) is 6.65. The van der Waals surface area contributed by atoms with Crippen molar-refractivity contribution in [2.24, 2.45) is 5.10 Å². The third kappa shape index (κ3) is 2.55. The van der Waals surface area contributed by atoms with Crippen molar-refractivity contribution < 1.29 is 4.39 Å². The number of benzene rings is 1. The van der Waals surface area contributed by atoms with Gasteiger partial charge in [-0.2, -0.15) is 5.10 Å². The van der Waals surface area contributed by atoms with Gasteiger partial charge in [-0.05, 0) is 39.0 Å². The number of halogens is 1. The summed E-state index contributed by atoms with van der Waals surface area (Å²) in [5.41, 5.74) is 0.776. The molecule has 0 atom stereocenters. The molecule has 1 rings (SSSR count). The average molecular weight is 194 g/mol. The number of anilines is 1. The SMILES string of the molecule is C/C=N\N(c1cccc(F)c1)C(C)C. The van der Waals surface area contributed by atoms with E-state index in [2.05, 4.69) is 5.10 Å². The highest BCUT2D eigenvalue weighted by Gasteiger charge is 2.08. The van der Waals surface area contributed by atoms with Gasteiger partial charge in [0.05, 0.1) is 5.69 Å². The summed E-state index contributed by atoms with van der Waals surface area (Å²) in [4.78, 5) is 0. The second-order valence-corrected chi connectivity index (χ2v) is 3.29. The molecule has 0 spiro atoms. The molecule has 14 heavy (non-hydrogen) atoms. The molecule has 0 aliphatic rings. The predicted octanol–water partition coefficient (Wildman–Crippen LogP) is 3.05. The molecule has 3 heteroatoms. The second-order valence-electron chi connectivity index (χ2n) is 3.29. The number of hydrazone groups is 1. The molecular weight excluding hydrogens is 179 g/mol. The lowest BCUT2D eigenvalue weighted by atomic mass is 10.2. The lowest BCUT2D eigenvalue weighted by Crippen LogP contribution is -2.24. The molecule has 1 aromatic rings. The molecule has 2 nitrogen and oxygen atoms in total. The smallest absolute Gasteiger partial charge is 0.125 e. The first kappa shape index (κ1) is 10.7. The van der Waals surface area contributed by atoms with Crippen molar-refractivity contribution in [3.8, 4) is 0 Å². The summed E-state index contributed by atoms with van der Waals surface area (Å²) in [5, 5.41) is 5.96. The molecule has 0 N–H and O–H groups in total. The average Bonchev–Trinajstić information content (AvgIpc) is 2.13. The van der Waals surface area contributed by atoms with Crippen LogP contribution in [0.4, 0.5) is 10.1 Å². The van der Waals surface area contributed by atoms with Crippen LogP contribution in [0.5, 0.6) is 0 Å². The Morgan fingerprint density at radius 2 is 2.14 bits per heavy atom. The number of hydrogen-bond acceptors (Lipinski definition) is 2. The fourth-order valence-electron chi connectivity index (χ4n) is 1.24. The minimum Gasteiger partial charge on any atom is -0.263 e. The van der Waals surface area contributed by atoms with Gasteiger partial charge in [0.1, 0.15) is 5.82 Å². The van der Waals surface area contributed by atoms with Gasteiger partial charge in [0.25, 0.3) is 0 Å². The molecule has 76 valence electrons. The maximum absolute atomic E-state index is 13.0. The summed E-state index contributed by atoms with van der Waals surface area (Å²) in [5.74, 6) is -0.237. The van der Waals surface area contributed by atoms with E-state index in [9.17, 15) is 4.39 Å². The molecule has 0 aliphatic heterocycles. The molecule has 0 saturated heterocycles. The van der Waals surface area contributed by atoms with E-state index < -0.39 is 0 Å². The van der Waals surface area contributed by atoms with E-state index in [1.54, 1.807) is 17.3 Å². The highest BCUT2D eigenvalue weighted by molar-refractivity contribution is 5.57. The van der Waals surface area contributed by atoms with Crippen LogP contribution in [0.25, 0.3) is 0 Å². The molecule has 0 amide bonds. The van der Waals surface area contributed by atoms with Crippen molar-refractivity contribution in [1.82, 2.24) is 0 Å². The van der Waals surface area contributed by atoms with Gasteiger partial charge in [0.15, 0.2) is 0 Å². The van der Waals surface area contributed by atoms with E-state index in [1.807, 2.05) is 26.8 Å². The molecule has 0 bridgehead atoms. The van der Waals surface area contributed by atoms with Crippen molar-refractivity contribution >= 4 is 11.9 Å². The summed E-state index contributed by atoms with van der Waals surface area (Å²) in [6, 6.07) is 6.65. The largest absolute Gasteiger partial charge is 0.263 e. The standard InChI is InChI=1S/C11H15FN2/c1-4-13-14(9(2)3)11-7-5-6-10(12)8-11/h4-9H,1-3H3/b13-4-. The Kier molecular flexibility index (Phi) is 3.63. The van der Waals surface area contributed by atoms with Gasteiger partial charge in [0, 0.05) is 12.3 Å². The monoisotopic (exact) mass is 194 g/mol. The molecule has 0 unspecified atom stereocenters. The Labute approximate surface area is 84.0 Å². The third-order valence-corrected chi connectivity index (χ3v) is 1.80. The van der Waals surface area contributed by atoms with Gasteiger partial charge in [0.2, 0.25) is 0 Å². The summed E-state index contributed by atoms with van der Waals surface area (Å²) < 4.78 is 13.0. The molecule has 0 aliphatic carbocycles. The van der Waals surface area contributed by atoms with Crippen molar-refractivity contribution in [1.29, 1.82) is 0 Å². The minimum atomic E-state index is -0.237. The van der Waals surface area contributed by atoms with E-state index in [4.69, 9.17) is 0 Å². The van der Waals surface area contributed by atoms with Gasteiger partial charge in [-0.3, -0.25) is 5.01 Å².